The zero-order valence-corrected chi connectivity index (χ0v) is 10.5. The molecule has 1 aliphatic heterocycles. The molecule has 1 aromatic rings. The Morgan fingerprint density at radius 1 is 1.47 bits per heavy atom. The van der Waals surface area contributed by atoms with Gasteiger partial charge in [0.2, 0.25) is 0 Å². The van der Waals surface area contributed by atoms with Crippen molar-refractivity contribution in [3.05, 3.63) is 35.1 Å². The Balaban J connectivity index is 2.20. The molecule has 1 heterocycles. The molecule has 0 bridgehead atoms. The van der Waals surface area contributed by atoms with Crippen LogP contribution >= 0.6 is 0 Å². The zero-order chi connectivity index (χ0) is 12.3. The molecule has 2 rings (SSSR count). The van der Waals surface area contributed by atoms with E-state index >= 15 is 0 Å². The predicted molar refractivity (Wildman–Crippen MR) is 66.5 cm³/mol. The Hall–Kier alpha value is -0.930. The molecule has 2 nitrogen and oxygen atoms in total. The van der Waals surface area contributed by atoms with Gasteiger partial charge >= 0.3 is 0 Å². The van der Waals surface area contributed by atoms with Gasteiger partial charge in [0.25, 0.3) is 0 Å². The van der Waals surface area contributed by atoms with Gasteiger partial charge in [0.05, 0.1) is 6.10 Å². The number of nitrogens with one attached hydrogen (secondary N) is 1. The standard InChI is InChI=1S/C14H20FNO/c1-10-8-11(5-6-13(10)15)14-12(9-16-2)4-3-7-17-14/h5-6,8,12,14,16H,3-4,7,9H2,1-2H3. The predicted octanol–water partition coefficient (Wildman–Crippen LogP) is 2.82. The van der Waals surface area contributed by atoms with Crippen LogP contribution in [0, 0.1) is 18.7 Å². The lowest BCUT2D eigenvalue weighted by Gasteiger charge is -2.32. The average Bonchev–Trinajstić information content (AvgIpc) is 2.34. The Morgan fingerprint density at radius 2 is 2.29 bits per heavy atom. The summed E-state index contributed by atoms with van der Waals surface area (Å²) in [5.74, 6) is 0.341. The van der Waals surface area contributed by atoms with E-state index in [0.717, 1.165) is 25.1 Å². The summed E-state index contributed by atoms with van der Waals surface area (Å²) in [6, 6.07) is 5.30. The van der Waals surface area contributed by atoms with E-state index in [4.69, 9.17) is 4.74 Å². The summed E-state index contributed by atoms with van der Waals surface area (Å²) in [7, 11) is 1.96. The first-order chi connectivity index (χ1) is 8.22. The Kier molecular flexibility index (Phi) is 4.13. The highest BCUT2D eigenvalue weighted by atomic mass is 19.1. The molecule has 1 fully saturated rings. The molecule has 3 heteroatoms. The van der Waals surface area contributed by atoms with Crippen LogP contribution in [-0.4, -0.2) is 20.2 Å². The Bertz CT molecular complexity index is 378. The van der Waals surface area contributed by atoms with E-state index in [9.17, 15) is 4.39 Å². The van der Waals surface area contributed by atoms with Gasteiger partial charge in [-0.15, -0.1) is 0 Å². The molecule has 94 valence electrons. The average molecular weight is 237 g/mol. The normalized spacial score (nSPS) is 24.9. The Morgan fingerprint density at radius 3 is 3.00 bits per heavy atom. The molecule has 1 saturated heterocycles. The Labute approximate surface area is 102 Å². The largest absolute Gasteiger partial charge is 0.373 e. The summed E-state index contributed by atoms with van der Waals surface area (Å²) in [4.78, 5) is 0. The third kappa shape index (κ3) is 2.85. The van der Waals surface area contributed by atoms with Gasteiger partial charge in [-0.3, -0.25) is 0 Å². The molecule has 0 aromatic heterocycles. The molecule has 17 heavy (non-hydrogen) atoms. The molecule has 2 unspecified atom stereocenters. The first-order valence-corrected chi connectivity index (χ1v) is 6.24. The third-order valence-electron chi connectivity index (χ3n) is 3.42. The summed E-state index contributed by atoms with van der Waals surface area (Å²) >= 11 is 0. The van der Waals surface area contributed by atoms with Crippen molar-refractivity contribution in [3.63, 3.8) is 0 Å². The van der Waals surface area contributed by atoms with E-state index < -0.39 is 0 Å². The van der Waals surface area contributed by atoms with Crippen LogP contribution in [0.3, 0.4) is 0 Å². The number of benzene rings is 1. The maximum atomic E-state index is 13.3. The zero-order valence-electron chi connectivity index (χ0n) is 10.5. The van der Waals surface area contributed by atoms with Crippen LogP contribution in [-0.2, 0) is 4.74 Å². The molecule has 0 aliphatic carbocycles. The number of halogens is 1. The number of hydrogen-bond acceptors (Lipinski definition) is 2. The molecule has 0 spiro atoms. The SMILES string of the molecule is CNCC1CCCOC1c1ccc(F)c(C)c1. The molecule has 1 N–H and O–H groups in total. The number of rotatable bonds is 3. The topological polar surface area (TPSA) is 21.3 Å². The monoisotopic (exact) mass is 237 g/mol. The van der Waals surface area contributed by atoms with Crippen molar-refractivity contribution in [1.82, 2.24) is 5.32 Å². The van der Waals surface area contributed by atoms with Crippen molar-refractivity contribution in [1.29, 1.82) is 0 Å². The fourth-order valence-corrected chi connectivity index (χ4v) is 2.53. The van der Waals surface area contributed by atoms with E-state index in [-0.39, 0.29) is 11.9 Å². The molecule has 0 radical (unpaired) electrons. The van der Waals surface area contributed by atoms with Crippen LogP contribution in [0.5, 0.6) is 0 Å². The summed E-state index contributed by atoms with van der Waals surface area (Å²) in [6.45, 7) is 3.55. The quantitative estimate of drug-likeness (QED) is 0.872. The lowest BCUT2D eigenvalue weighted by atomic mass is 9.89. The lowest BCUT2D eigenvalue weighted by molar-refractivity contribution is -0.0273. The molecule has 0 saturated carbocycles. The van der Waals surface area contributed by atoms with Crippen LogP contribution in [0.15, 0.2) is 18.2 Å². The maximum Gasteiger partial charge on any atom is 0.126 e. The second-order valence-corrected chi connectivity index (χ2v) is 4.76. The van der Waals surface area contributed by atoms with Crippen LogP contribution in [0.2, 0.25) is 0 Å². The highest BCUT2D eigenvalue weighted by Gasteiger charge is 2.27. The molecule has 1 aliphatic rings. The van der Waals surface area contributed by atoms with Crippen LogP contribution in [0.4, 0.5) is 4.39 Å². The van der Waals surface area contributed by atoms with Crippen molar-refractivity contribution in [2.45, 2.75) is 25.9 Å². The van der Waals surface area contributed by atoms with Crippen molar-refractivity contribution in [3.8, 4) is 0 Å². The highest BCUT2D eigenvalue weighted by molar-refractivity contribution is 5.26. The molecule has 0 amide bonds. The minimum atomic E-state index is -0.144. The molecular weight excluding hydrogens is 217 g/mol. The first kappa shape index (κ1) is 12.5. The summed E-state index contributed by atoms with van der Waals surface area (Å²) in [5, 5.41) is 3.21. The minimum absolute atomic E-state index is 0.107. The number of ether oxygens (including phenoxy) is 1. The smallest absolute Gasteiger partial charge is 0.126 e. The van der Waals surface area contributed by atoms with Gasteiger partial charge < -0.3 is 10.1 Å². The maximum absolute atomic E-state index is 13.3. The first-order valence-electron chi connectivity index (χ1n) is 6.24. The van der Waals surface area contributed by atoms with Gasteiger partial charge in [0.15, 0.2) is 0 Å². The van der Waals surface area contributed by atoms with Crippen molar-refractivity contribution in [2.24, 2.45) is 5.92 Å². The number of hydrogen-bond donors (Lipinski definition) is 1. The van der Waals surface area contributed by atoms with E-state index in [1.165, 1.54) is 6.42 Å². The van der Waals surface area contributed by atoms with Gasteiger partial charge in [-0.05, 0) is 44.0 Å². The third-order valence-corrected chi connectivity index (χ3v) is 3.42. The van der Waals surface area contributed by atoms with Gasteiger partial charge in [0.1, 0.15) is 5.82 Å². The molecule has 2 atom stereocenters. The second kappa shape index (κ2) is 5.61. The van der Waals surface area contributed by atoms with E-state index in [2.05, 4.69) is 5.32 Å². The summed E-state index contributed by atoms with van der Waals surface area (Å²) in [5.41, 5.74) is 1.80. The van der Waals surface area contributed by atoms with Gasteiger partial charge in [-0.25, -0.2) is 4.39 Å². The van der Waals surface area contributed by atoms with Gasteiger partial charge in [-0.2, -0.15) is 0 Å². The van der Waals surface area contributed by atoms with Crippen LogP contribution in [0.1, 0.15) is 30.1 Å². The van der Waals surface area contributed by atoms with Gasteiger partial charge in [0, 0.05) is 19.1 Å². The second-order valence-electron chi connectivity index (χ2n) is 4.76. The van der Waals surface area contributed by atoms with E-state index in [1.54, 1.807) is 13.0 Å². The van der Waals surface area contributed by atoms with Crippen molar-refractivity contribution < 1.29 is 9.13 Å². The molecular formula is C14H20FNO. The summed E-state index contributed by atoms with van der Waals surface area (Å²) < 4.78 is 19.1. The lowest BCUT2D eigenvalue weighted by Crippen LogP contribution is -2.30. The van der Waals surface area contributed by atoms with Crippen LogP contribution in [0.25, 0.3) is 0 Å². The van der Waals surface area contributed by atoms with Crippen molar-refractivity contribution >= 4 is 0 Å². The molecule has 1 aromatic carbocycles. The van der Waals surface area contributed by atoms with E-state index in [0.29, 0.717) is 11.5 Å². The fraction of sp³-hybridized carbons (Fsp3) is 0.571. The van der Waals surface area contributed by atoms with Gasteiger partial charge in [-0.1, -0.05) is 12.1 Å². The number of aryl methyl sites for hydroxylation is 1. The van der Waals surface area contributed by atoms with E-state index in [1.807, 2.05) is 19.2 Å². The fourth-order valence-electron chi connectivity index (χ4n) is 2.53. The van der Waals surface area contributed by atoms with Crippen LogP contribution < -0.4 is 5.32 Å². The van der Waals surface area contributed by atoms with Crippen molar-refractivity contribution in [2.75, 3.05) is 20.2 Å². The highest BCUT2D eigenvalue weighted by Crippen LogP contribution is 2.33. The minimum Gasteiger partial charge on any atom is -0.373 e. The summed E-state index contributed by atoms with van der Waals surface area (Å²) in [6.07, 6.45) is 2.39.